The maximum atomic E-state index is 11.8. The van der Waals surface area contributed by atoms with Gasteiger partial charge in [0.2, 0.25) is 0 Å². The van der Waals surface area contributed by atoms with Crippen molar-refractivity contribution in [2.45, 2.75) is 39.3 Å². The van der Waals surface area contributed by atoms with Gasteiger partial charge in [0.05, 0.1) is 0 Å². The lowest BCUT2D eigenvalue weighted by Gasteiger charge is -2.20. The van der Waals surface area contributed by atoms with E-state index in [1.54, 1.807) is 13.0 Å². The van der Waals surface area contributed by atoms with Crippen LogP contribution in [0.3, 0.4) is 0 Å². The van der Waals surface area contributed by atoms with Crippen LogP contribution in [0, 0.1) is 6.92 Å². The van der Waals surface area contributed by atoms with E-state index in [0.717, 1.165) is 34.8 Å². The summed E-state index contributed by atoms with van der Waals surface area (Å²) in [5, 5.41) is 11.3. The van der Waals surface area contributed by atoms with Gasteiger partial charge in [0, 0.05) is 16.8 Å². The number of ketones is 1. The third-order valence-corrected chi connectivity index (χ3v) is 5.47. The molecule has 2 atom stereocenters. The topological polar surface area (TPSA) is 37.3 Å². The van der Waals surface area contributed by atoms with Crippen LogP contribution in [0.4, 0.5) is 0 Å². The molecule has 0 aromatic heterocycles. The summed E-state index contributed by atoms with van der Waals surface area (Å²) in [6, 6.07) is 13.6. The van der Waals surface area contributed by atoms with Gasteiger partial charge < -0.3 is 5.11 Å². The van der Waals surface area contributed by atoms with Crippen LogP contribution in [-0.4, -0.2) is 10.9 Å². The summed E-state index contributed by atoms with van der Waals surface area (Å²) in [7, 11) is 0.483. The Bertz CT molecular complexity index is 664. The molecular formula is C19H23O2P. The first-order valence-electron chi connectivity index (χ1n) is 7.69. The predicted molar refractivity (Wildman–Crippen MR) is 94.9 cm³/mol. The summed E-state index contributed by atoms with van der Waals surface area (Å²) in [6.07, 6.45) is 2.05. The largest absolute Gasteiger partial charge is 0.508 e. The van der Waals surface area contributed by atoms with Crippen LogP contribution in [0.1, 0.15) is 53.8 Å². The molecule has 116 valence electrons. The molecule has 3 heteroatoms. The number of hydrogen-bond donors (Lipinski definition) is 1. The molecule has 0 heterocycles. The van der Waals surface area contributed by atoms with E-state index >= 15 is 0 Å². The SMILES string of the molecule is CCCC(Pc1ccccc1C(C)=O)c1cc(C)ccc1O. The van der Waals surface area contributed by atoms with E-state index in [0.29, 0.717) is 14.3 Å². The lowest BCUT2D eigenvalue weighted by Crippen LogP contribution is -2.10. The average molecular weight is 314 g/mol. The normalized spacial score (nSPS) is 12.7. The lowest BCUT2D eigenvalue weighted by atomic mass is 10.0. The number of phenols is 1. The molecule has 2 rings (SSSR count). The van der Waals surface area contributed by atoms with Gasteiger partial charge in [-0.3, -0.25) is 4.79 Å². The Hall–Kier alpha value is -1.66. The summed E-state index contributed by atoms with van der Waals surface area (Å²) < 4.78 is 0. The van der Waals surface area contributed by atoms with E-state index in [-0.39, 0.29) is 11.4 Å². The zero-order chi connectivity index (χ0) is 16.1. The van der Waals surface area contributed by atoms with Crippen molar-refractivity contribution in [3.63, 3.8) is 0 Å². The standard InChI is InChI=1S/C19H23O2P/c1-4-7-18(16-12-13(2)10-11-17(16)21)22-19-9-6-5-8-15(19)14(3)20/h5-6,8-12,18,21-22H,4,7H2,1-3H3. The molecule has 0 radical (unpaired) electrons. The third-order valence-electron chi connectivity index (χ3n) is 3.77. The smallest absolute Gasteiger partial charge is 0.160 e. The number of aryl methyl sites for hydroxylation is 1. The average Bonchev–Trinajstić information content (AvgIpc) is 2.49. The van der Waals surface area contributed by atoms with Crippen molar-refractivity contribution in [3.8, 4) is 5.75 Å². The maximum absolute atomic E-state index is 11.8. The molecule has 2 unspecified atom stereocenters. The predicted octanol–water partition coefficient (Wildman–Crippen LogP) is 4.75. The quantitative estimate of drug-likeness (QED) is 0.617. The second kappa shape index (κ2) is 7.56. The summed E-state index contributed by atoms with van der Waals surface area (Å²) in [5.74, 6) is 0.462. The van der Waals surface area contributed by atoms with Crippen LogP contribution < -0.4 is 5.30 Å². The van der Waals surface area contributed by atoms with Gasteiger partial charge in [-0.05, 0) is 31.6 Å². The number of phenolic OH excluding ortho intramolecular Hbond substituents is 1. The minimum atomic E-state index is 0.104. The van der Waals surface area contributed by atoms with Crippen LogP contribution in [0.25, 0.3) is 0 Å². The monoisotopic (exact) mass is 314 g/mol. The van der Waals surface area contributed by atoms with Gasteiger partial charge in [0.15, 0.2) is 5.78 Å². The Kier molecular flexibility index (Phi) is 5.74. The summed E-state index contributed by atoms with van der Waals surface area (Å²) in [6.45, 7) is 5.81. The van der Waals surface area contributed by atoms with Gasteiger partial charge in [-0.1, -0.05) is 63.9 Å². The van der Waals surface area contributed by atoms with Crippen LogP contribution in [-0.2, 0) is 0 Å². The fraction of sp³-hybridized carbons (Fsp3) is 0.316. The van der Waals surface area contributed by atoms with Gasteiger partial charge in [-0.25, -0.2) is 0 Å². The Labute approximate surface area is 134 Å². The first-order valence-corrected chi connectivity index (χ1v) is 8.76. The van der Waals surface area contributed by atoms with Crippen molar-refractivity contribution < 1.29 is 9.90 Å². The molecule has 22 heavy (non-hydrogen) atoms. The molecule has 0 saturated carbocycles. The Balaban J connectivity index is 2.38. The van der Waals surface area contributed by atoms with Crippen molar-refractivity contribution in [2.75, 3.05) is 0 Å². The molecule has 0 fully saturated rings. The summed E-state index contributed by atoms with van der Waals surface area (Å²) in [4.78, 5) is 11.8. The zero-order valence-electron chi connectivity index (χ0n) is 13.4. The molecule has 0 spiro atoms. The van der Waals surface area contributed by atoms with Crippen LogP contribution in [0.15, 0.2) is 42.5 Å². The number of benzene rings is 2. The Morgan fingerprint density at radius 2 is 1.95 bits per heavy atom. The van der Waals surface area contributed by atoms with Gasteiger partial charge in [0.1, 0.15) is 5.75 Å². The van der Waals surface area contributed by atoms with E-state index in [9.17, 15) is 9.90 Å². The molecule has 2 aromatic rings. The highest BCUT2D eigenvalue weighted by molar-refractivity contribution is 7.47. The second-order valence-electron chi connectivity index (χ2n) is 5.65. The number of rotatable bonds is 6. The van der Waals surface area contributed by atoms with Gasteiger partial charge >= 0.3 is 0 Å². The molecule has 2 aromatic carbocycles. The third kappa shape index (κ3) is 3.96. The maximum Gasteiger partial charge on any atom is 0.160 e. The molecule has 0 aliphatic rings. The fourth-order valence-electron chi connectivity index (χ4n) is 2.65. The molecule has 0 amide bonds. The molecule has 1 N–H and O–H groups in total. The number of carbonyl (C=O) groups excluding carboxylic acids is 1. The van der Waals surface area contributed by atoms with Crippen molar-refractivity contribution in [2.24, 2.45) is 0 Å². The molecule has 0 saturated heterocycles. The number of aromatic hydroxyl groups is 1. The van der Waals surface area contributed by atoms with E-state index < -0.39 is 0 Å². The number of Topliss-reactive ketones (excluding diaryl/α,β-unsaturated/α-hetero) is 1. The highest BCUT2D eigenvalue weighted by atomic mass is 31.1. The molecule has 0 aliphatic heterocycles. The van der Waals surface area contributed by atoms with Gasteiger partial charge in [-0.2, -0.15) is 0 Å². The summed E-state index contributed by atoms with van der Waals surface area (Å²) >= 11 is 0. The highest BCUT2D eigenvalue weighted by Gasteiger charge is 2.18. The molecule has 0 aliphatic carbocycles. The first kappa shape index (κ1) is 16.7. The van der Waals surface area contributed by atoms with Crippen LogP contribution >= 0.6 is 8.58 Å². The van der Waals surface area contributed by atoms with E-state index in [1.807, 2.05) is 37.3 Å². The van der Waals surface area contributed by atoms with Gasteiger partial charge in [0.25, 0.3) is 0 Å². The second-order valence-corrected chi connectivity index (χ2v) is 7.17. The van der Waals surface area contributed by atoms with E-state index in [2.05, 4.69) is 13.0 Å². The molecule has 2 nitrogen and oxygen atoms in total. The lowest BCUT2D eigenvalue weighted by molar-refractivity contribution is 0.101. The number of carbonyl (C=O) groups is 1. The fourth-order valence-corrected chi connectivity index (χ4v) is 4.45. The van der Waals surface area contributed by atoms with Crippen molar-refractivity contribution in [1.82, 2.24) is 0 Å². The Morgan fingerprint density at radius 1 is 1.23 bits per heavy atom. The molecular weight excluding hydrogens is 291 g/mol. The van der Waals surface area contributed by atoms with Gasteiger partial charge in [-0.15, -0.1) is 0 Å². The van der Waals surface area contributed by atoms with E-state index in [1.165, 1.54) is 0 Å². The van der Waals surface area contributed by atoms with Crippen molar-refractivity contribution >= 4 is 19.7 Å². The Morgan fingerprint density at radius 3 is 2.64 bits per heavy atom. The molecule has 0 bridgehead atoms. The van der Waals surface area contributed by atoms with Crippen LogP contribution in [0.2, 0.25) is 0 Å². The highest BCUT2D eigenvalue weighted by Crippen LogP contribution is 2.42. The summed E-state index contributed by atoms with van der Waals surface area (Å²) in [5.41, 5.74) is 3.21. The van der Waals surface area contributed by atoms with Crippen LogP contribution in [0.5, 0.6) is 5.75 Å². The van der Waals surface area contributed by atoms with E-state index in [4.69, 9.17) is 0 Å². The minimum Gasteiger partial charge on any atom is -0.508 e. The minimum absolute atomic E-state index is 0.104. The number of hydrogen-bond acceptors (Lipinski definition) is 2. The first-order chi connectivity index (χ1) is 10.5. The zero-order valence-corrected chi connectivity index (χ0v) is 14.4. The van der Waals surface area contributed by atoms with Crippen molar-refractivity contribution in [1.29, 1.82) is 0 Å². The van der Waals surface area contributed by atoms with Crippen molar-refractivity contribution in [3.05, 3.63) is 59.2 Å².